The minimum atomic E-state index is 0.893. The number of halogens is 1. The highest BCUT2D eigenvalue weighted by Crippen LogP contribution is 2.32. The van der Waals surface area contributed by atoms with E-state index in [9.17, 15) is 0 Å². The molecule has 1 aromatic heterocycles. The first-order valence-electron chi connectivity index (χ1n) is 6.37. The van der Waals surface area contributed by atoms with Crippen molar-refractivity contribution < 1.29 is 0 Å². The van der Waals surface area contributed by atoms with Gasteiger partial charge in [-0.2, -0.15) is 0 Å². The Morgan fingerprint density at radius 2 is 2.21 bits per heavy atom. The molecule has 0 unspecified atom stereocenters. The first-order valence-corrected chi connectivity index (χ1v) is 8.61. The Labute approximate surface area is 126 Å². The topological polar surface area (TPSA) is 24.9 Å². The van der Waals surface area contributed by atoms with E-state index in [-0.39, 0.29) is 0 Å². The second kappa shape index (κ2) is 6.27. The van der Waals surface area contributed by atoms with E-state index in [0.29, 0.717) is 0 Å². The van der Waals surface area contributed by atoms with Crippen molar-refractivity contribution in [1.29, 1.82) is 0 Å². The molecule has 5 heteroatoms. The summed E-state index contributed by atoms with van der Waals surface area (Å²) in [5.74, 6) is 0.912. The van der Waals surface area contributed by atoms with Crippen molar-refractivity contribution in [3.05, 3.63) is 45.4 Å². The molecule has 0 spiro atoms. The number of rotatable bonds is 3. The molecule has 2 nitrogen and oxygen atoms in total. The average Bonchev–Trinajstić information content (AvgIpc) is 2.82. The first-order chi connectivity index (χ1) is 9.34. The Morgan fingerprint density at radius 1 is 1.32 bits per heavy atom. The molecule has 0 atom stereocenters. The molecule has 1 N–H and O–H groups in total. The lowest BCUT2D eigenvalue weighted by atomic mass is 9.98. The van der Waals surface area contributed by atoms with Gasteiger partial charge in [-0.05, 0) is 48.7 Å². The van der Waals surface area contributed by atoms with Crippen molar-refractivity contribution >= 4 is 34.7 Å². The summed E-state index contributed by atoms with van der Waals surface area (Å²) in [4.78, 5) is 4.32. The molecule has 0 radical (unpaired) electrons. The molecule has 0 aliphatic carbocycles. The lowest BCUT2D eigenvalue weighted by Crippen LogP contribution is -2.16. The predicted molar refractivity (Wildman–Crippen MR) is 83.4 cm³/mol. The number of nitrogens with one attached hydrogen (secondary N) is 1. The van der Waals surface area contributed by atoms with E-state index in [1.54, 1.807) is 23.1 Å². The minimum Gasteiger partial charge on any atom is -0.316 e. The highest BCUT2D eigenvalue weighted by molar-refractivity contribution is 8.00. The summed E-state index contributed by atoms with van der Waals surface area (Å²) in [7, 11) is 0. The van der Waals surface area contributed by atoms with Crippen LogP contribution >= 0.6 is 34.7 Å². The maximum absolute atomic E-state index is 6.40. The van der Waals surface area contributed by atoms with E-state index in [2.05, 4.69) is 16.4 Å². The lowest BCUT2D eigenvalue weighted by Gasteiger charge is -2.13. The SMILES string of the molecule is Clc1ccc2c(c1CSc1nccs1)CCNCC2. The monoisotopic (exact) mass is 310 g/mol. The summed E-state index contributed by atoms with van der Waals surface area (Å²) in [5.41, 5.74) is 4.19. The molecular formula is C14H15ClN2S2. The third-order valence-electron chi connectivity index (χ3n) is 3.34. The molecule has 1 aliphatic heterocycles. The highest BCUT2D eigenvalue weighted by atomic mass is 35.5. The molecule has 0 amide bonds. The molecule has 2 aromatic rings. The van der Waals surface area contributed by atoms with Crippen LogP contribution in [0.15, 0.2) is 28.0 Å². The quantitative estimate of drug-likeness (QED) is 0.873. The van der Waals surface area contributed by atoms with E-state index < -0.39 is 0 Å². The summed E-state index contributed by atoms with van der Waals surface area (Å²) < 4.78 is 1.11. The van der Waals surface area contributed by atoms with E-state index in [4.69, 9.17) is 11.6 Å². The van der Waals surface area contributed by atoms with Crippen LogP contribution < -0.4 is 5.32 Å². The van der Waals surface area contributed by atoms with Gasteiger partial charge in [-0.1, -0.05) is 29.4 Å². The van der Waals surface area contributed by atoms with E-state index in [1.165, 1.54) is 16.7 Å². The fourth-order valence-electron chi connectivity index (χ4n) is 2.39. The molecule has 3 rings (SSSR count). The fourth-order valence-corrected chi connectivity index (χ4v) is 4.42. The zero-order valence-electron chi connectivity index (χ0n) is 10.5. The molecule has 19 heavy (non-hydrogen) atoms. The Hall–Kier alpha value is -0.550. The number of benzene rings is 1. The van der Waals surface area contributed by atoms with Crippen molar-refractivity contribution in [3.63, 3.8) is 0 Å². The van der Waals surface area contributed by atoms with Gasteiger partial charge < -0.3 is 5.32 Å². The standard InChI is InChI=1S/C14H15ClN2S2/c15-13-2-1-10-3-5-16-6-4-11(10)12(13)9-19-14-17-7-8-18-14/h1-2,7-8,16H,3-6,9H2. The van der Waals surface area contributed by atoms with Crippen LogP contribution in [-0.2, 0) is 18.6 Å². The largest absolute Gasteiger partial charge is 0.316 e. The lowest BCUT2D eigenvalue weighted by molar-refractivity contribution is 0.710. The number of aromatic nitrogens is 1. The third-order valence-corrected chi connectivity index (χ3v) is 5.69. The smallest absolute Gasteiger partial charge is 0.150 e. The Balaban J connectivity index is 1.86. The summed E-state index contributed by atoms with van der Waals surface area (Å²) in [6, 6.07) is 4.23. The van der Waals surface area contributed by atoms with Gasteiger partial charge in [0.15, 0.2) is 0 Å². The third kappa shape index (κ3) is 3.14. The number of fused-ring (bicyclic) bond motifs is 1. The zero-order chi connectivity index (χ0) is 13.1. The van der Waals surface area contributed by atoms with Crippen LogP contribution in [0.2, 0.25) is 5.02 Å². The van der Waals surface area contributed by atoms with Gasteiger partial charge in [-0.25, -0.2) is 4.98 Å². The van der Waals surface area contributed by atoms with Crippen LogP contribution in [0.25, 0.3) is 0 Å². The van der Waals surface area contributed by atoms with Crippen LogP contribution in [0.5, 0.6) is 0 Å². The van der Waals surface area contributed by atoms with E-state index >= 15 is 0 Å². The fraction of sp³-hybridized carbons (Fsp3) is 0.357. The van der Waals surface area contributed by atoms with Crippen molar-refractivity contribution in [2.45, 2.75) is 22.9 Å². The van der Waals surface area contributed by atoms with Crippen LogP contribution in [0.1, 0.15) is 16.7 Å². The van der Waals surface area contributed by atoms with Crippen molar-refractivity contribution in [2.24, 2.45) is 0 Å². The van der Waals surface area contributed by atoms with Crippen LogP contribution in [0, 0.1) is 0 Å². The molecule has 2 heterocycles. The van der Waals surface area contributed by atoms with Gasteiger partial charge >= 0.3 is 0 Å². The van der Waals surface area contributed by atoms with E-state index in [1.807, 2.05) is 17.6 Å². The molecule has 0 bridgehead atoms. The van der Waals surface area contributed by atoms with Gasteiger partial charge in [0, 0.05) is 22.4 Å². The zero-order valence-corrected chi connectivity index (χ0v) is 12.9. The molecule has 0 saturated carbocycles. The van der Waals surface area contributed by atoms with Gasteiger partial charge in [-0.3, -0.25) is 0 Å². The normalized spacial score (nSPS) is 15.0. The highest BCUT2D eigenvalue weighted by Gasteiger charge is 2.15. The molecule has 1 aromatic carbocycles. The summed E-state index contributed by atoms with van der Waals surface area (Å²) in [6.07, 6.45) is 4.02. The van der Waals surface area contributed by atoms with Crippen LogP contribution in [-0.4, -0.2) is 18.1 Å². The van der Waals surface area contributed by atoms with Crippen LogP contribution in [0.4, 0.5) is 0 Å². The number of hydrogen-bond donors (Lipinski definition) is 1. The molecule has 100 valence electrons. The number of thiazole rings is 1. The number of nitrogens with zero attached hydrogens (tertiary/aromatic N) is 1. The molecule has 1 aliphatic rings. The number of thioether (sulfide) groups is 1. The molecule has 0 fully saturated rings. The Morgan fingerprint density at radius 3 is 3.05 bits per heavy atom. The van der Waals surface area contributed by atoms with Gasteiger partial charge in [-0.15, -0.1) is 11.3 Å². The van der Waals surface area contributed by atoms with Crippen molar-refractivity contribution in [2.75, 3.05) is 13.1 Å². The van der Waals surface area contributed by atoms with Gasteiger partial charge in [0.2, 0.25) is 0 Å². The minimum absolute atomic E-state index is 0.893. The summed E-state index contributed by atoms with van der Waals surface area (Å²) in [6.45, 7) is 2.11. The van der Waals surface area contributed by atoms with Crippen LogP contribution in [0.3, 0.4) is 0 Å². The Bertz CT molecular complexity index is 555. The van der Waals surface area contributed by atoms with Gasteiger partial charge in [0.25, 0.3) is 0 Å². The maximum Gasteiger partial charge on any atom is 0.150 e. The van der Waals surface area contributed by atoms with Crippen molar-refractivity contribution in [1.82, 2.24) is 10.3 Å². The second-order valence-electron chi connectivity index (χ2n) is 4.50. The summed E-state index contributed by atoms with van der Waals surface area (Å²) >= 11 is 9.87. The Kier molecular flexibility index (Phi) is 4.43. The average molecular weight is 311 g/mol. The van der Waals surface area contributed by atoms with Crippen molar-refractivity contribution in [3.8, 4) is 0 Å². The molecule has 0 saturated heterocycles. The maximum atomic E-state index is 6.40. The predicted octanol–water partition coefficient (Wildman–Crippen LogP) is 3.78. The van der Waals surface area contributed by atoms with E-state index in [0.717, 1.165) is 41.0 Å². The molecular weight excluding hydrogens is 296 g/mol. The number of hydrogen-bond acceptors (Lipinski definition) is 4. The van der Waals surface area contributed by atoms with Gasteiger partial charge in [0.1, 0.15) is 4.34 Å². The first kappa shape index (κ1) is 13.4. The second-order valence-corrected chi connectivity index (χ2v) is 7.02. The van der Waals surface area contributed by atoms with Gasteiger partial charge in [0.05, 0.1) is 0 Å². The summed E-state index contributed by atoms with van der Waals surface area (Å²) in [5, 5.41) is 6.36.